The van der Waals surface area contributed by atoms with Crippen LogP contribution in [-0.4, -0.2) is 34.5 Å². The van der Waals surface area contributed by atoms with Crippen molar-refractivity contribution in [1.82, 2.24) is 15.4 Å². The minimum absolute atomic E-state index is 0.244. The molecule has 0 saturated carbocycles. The van der Waals surface area contributed by atoms with Gasteiger partial charge in [-0.3, -0.25) is 4.79 Å². The van der Waals surface area contributed by atoms with E-state index in [1.807, 2.05) is 0 Å². The number of amides is 1. The number of ether oxygens (including phenoxy) is 1. The molecule has 1 atom stereocenters. The summed E-state index contributed by atoms with van der Waals surface area (Å²) in [5.41, 5.74) is 0. The van der Waals surface area contributed by atoms with Crippen LogP contribution in [0, 0.1) is 0 Å². The lowest BCUT2D eigenvalue weighted by molar-refractivity contribution is -0.124. The summed E-state index contributed by atoms with van der Waals surface area (Å²) in [6.45, 7) is 1.65. The van der Waals surface area contributed by atoms with Crippen molar-refractivity contribution in [3.63, 3.8) is 0 Å². The first-order chi connectivity index (χ1) is 5.74. The lowest BCUT2D eigenvalue weighted by Gasteiger charge is -2.07. The first-order valence-electron chi connectivity index (χ1n) is 3.43. The van der Waals surface area contributed by atoms with Crippen molar-refractivity contribution in [1.29, 1.82) is 0 Å². The molecule has 1 aromatic rings. The third-order valence-electron chi connectivity index (χ3n) is 1.39. The van der Waals surface area contributed by atoms with Crippen LogP contribution in [0.15, 0.2) is 6.20 Å². The van der Waals surface area contributed by atoms with Gasteiger partial charge < -0.3 is 10.1 Å². The van der Waals surface area contributed by atoms with Crippen molar-refractivity contribution in [2.24, 2.45) is 0 Å². The number of aromatic nitrogens is 3. The number of anilines is 1. The Morgan fingerprint density at radius 2 is 2.58 bits per heavy atom. The molecule has 2 N–H and O–H groups in total. The van der Waals surface area contributed by atoms with E-state index in [4.69, 9.17) is 4.74 Å². The summed E-state index contributed by atoms with van der Waals surface area (Å²) in [5, 5.41) is 12.1. The van der Waals surface area contributed by atoms with Crippen molar-refractivity contribution >= 4 is 11.7 Å². The molecule has 1 unspecified atom stereocenters. The fourth-order valence-electron chi connectivity index (χ4n) is 0.597. The molecule has 66 valence electrons. The Labute approximate surface area is 69.3 Å². The third kappa shape index (κ3) is 2.03. The molecule has 0 radical (unpaired) electrons. The number of hydrogen-bond donors (Lipinski definition) is 2. The van der Waals surface area contributed by atoms with Gasteiger partial charge >= 0.3 is 0 Å². The fourth-order valence-corrected chi connectivity index (χ4v) is 0.597. The quantitative estimate of drug-likeness (QED) is 0.657. The molecule has 0 spiro atoms. The number of carbonyl (C=O) groups excluding carboxylic acids is 1. The second-order valence-corrected chi connectivity index (χ2v) is 2.22. The second kappa shape index (κ2) is 3.82. The zero-order valence-electron chi connectivity index (χ0n) is 6.87. The first-order valence-corrected chi connectivity index (χ1v) is 3.43. The highest BCUT2D eigenvalue weighted by Gasteiger charge is 2.11. The first kappa shape index (κ1) is 8.66. The molecule has 6 nitrogen and oxygen atoms in total. The maximum absolute atomic E-state index is 11.1. The Morgan fingerprint density at radius 3 is 3.08 bits per heavy atom. The summed E-state index contributed by atoms with van der Waals surface area (Å²) in [4.78, 5) is 11.1. The molecule has 1 aromatic heterocycles. The van der Waals surface area contributed by atoms with Gasteiger partial charge in [-0.05, 0) is 6.92 Å². The highest BCUT2D eigenvalue weighted by atomic mass is 16.5. The van der Waals surface area contributed by atoms with E-state index in [2.05, 4.69) is 20.7 Å². The fraction of sp³-hybridized carbons (Fsp3) is 0.500. The zero-order chi connectivity index (χ0) is 8.97. The molecule has 1 heterocycles. The van der Waals surface area contributed by atoms with E-state index in [1.165, 1.54) is 13.3 Å². The predicted octanol–water partition coefficient (Wildman–Crippen LogP) is -0.222. The van der Waals surface area contributed by atoms with Crippen LogP contribution >= 0.6 is 0 Å². The number of aromatic amines is 1. The summed E-state index contributed by atoms with van der Waals surface area (Å²) in [5.74, 6) is 0.148. The standard InChI is InChI=1S/C6H10N4O2/c1-4(12-2)6(11)8-5-3-7-10-9-5/h3-4H,1-2H3,(H2,7,8,9,10,11). The molecule has 0 aliphatic heterocycles. The van der Waals surface area contributed by atoms with E-state index in [9.17, 15) is 4.79 Å². The van der Waals surface area contributed by atoms with Crippen LogP contribution in [0.25, 0.3) is 0 Å². The second-order valence-electron chi connectivity index (χ2n) is 2.22. The Kier molecular flexibility index (Phi) is 2.76. The molecule has 1 amide bonds. The van der Waals surface area contributed by atoms with Gasteiger partial charge in [-0.1, -0.05) is 0 Å². The average Bonchev–Trinajstić information content (AvgIpc) is 2.55. The minimum atomic E-state index is -0.485. The van der Waals surface area contributed by atoms with Crippen LogP contribution in [-0.2, 0) is 9.53 Å². The largest absolute Gasteiger partial charge is 0.372 e. The van der Waals surface area contributed by atoms with E-state index in [0.29, 0.717) is 5.82 Å². The Hall–Kier alpha value is -1.43. The van der Waals surface area contributed by atoms with Gasteiger partial charge in [0.25, 0.3) is 5.91 Å². The Morgan fingerprint density at radius 1 is 1.83 bits per heavy atom. The van der Waals surface area contributed by atoms with Gasteiger partial charge in [0.05, 0.1) is 6.20 Å². The number of methoxy groups -OCH3 is 1. The molecular formula is C6H10N4O2. The van der Waals surface area contributed by atoms with Crippen molar-refractivity contribution < 1.29 is 9.53 Å². The van der Waals surface area contributed by atoms with Gasteiger partial charge in [0.2, 0.25) is 0 Å². The number of nitrogens with zero attached hydrogens (tertiary/aromatic N) is 2. The molecule has 0 bridgehead atoms. The van der Waals surface area contributed by atoms with E-state index < -0.39 is 6.10 Å². The minimum Gasteiger partial charge on any atom is -0.372 e. The number of rotatable bonds is 3. The van der Waals surface area contributed by atoms with E-state index in [0.717, 1.165) is 0 Å². The van der Waals surface area contributed by atoms with Gasteiger partial charge in [0, 0.05) is 7.11 Å². The maximum atomic E-state index is 11.1. The van der Waals surface area contributed by atoms with Crippen LogP contribution in [0.4, 0.5) is 5.82 Å². The van der Waals surface area contributed by atoms with Crippen molar-refractivity contribution in [2.75, 3.05) is 12.4 Å². The SMILES string of the molecule is COC(C)C(=O)Nc1cn[nH]n1. The molecule has 0 aromatic carbocycles. The molecule has 1 rings (SSSR count). The van der Waals surface area contributed by atoms with Crippen LogP contribution in [0.1, 0.15) is 6.92 Å². The number of carbonyl (C=O) groups is 1. The molecule has 0 aliphatic rings. The summed E-state index contributed by atoms with van der Waals surface area (Å²) in [7, 11) is 1.47. The highest BCUT2D eigenvalue weighted by molar-refractivity contribution is 5.92. The predicted molar refractivity (Wildman–Crippen MR) is 41.5 cm³/mol. The van der Waals surface area contributed by atoms with Crippen molar-refractivity contribution in [3.05, 3.63) is 6.20 Å². The van der Waals surface area contributed by atoms with E-state index in [-0.39, 0.29) is 5.91 Å². The zero-order valence-corrected chi connectivity index (χ0v) is 6.87. The Bertz CT molecular complexity index is 246. The van der Waals surface area contributed by atoms with Gasteiger partial charge in [-0.15, -0.1) is 5.10 Å². The Balaban J connectivity index is 2.47. The van der Waals surface area contributed by atoms with Crippen LogP contribution in [0.3, 0.4) is 0 Å². The molecule has 0 saturated heterocycles. The summed E-state index contributed by atoms with van der Waals surface area (Å²) < 4.78 is 4.79. The van der Waals surface area contributed by atoms with Gasteiger partial charge in [0.15, 0.2) is 5.82 Å². The van der Waals surface area contributed by atoms with Crippen LogP contribution < -0.4 is 5.32 Å². The lowest BCUT2D eigenvalue weighted by Crippen LogP contribution is -2.26. The number of H-pyrrole nitrogens is 1. The van der Waals surface area contributed by atoms with Crippen molar-refractivity contribution in [3.8, 4) is 0 Å². The van der Waals surface area contributed by atoms with E-state index >= 15 is 0 Å². The van der Waals surface area contributed by atoms with Crippen LogP contribution in [0.5, 0.6) is 0 Å². The van der Waals surface area contributed by atoms with E-state index in [1.54, 1.807) is 6.92 Å². The van der Waals surface area contributed by atoms with Gasteiger partial charge in [0.1, 0.15) is 6.10 Å². The molecule has 6 heteroatoms. The third-order valence-corrected chi connectivity index (χ3v) is 1.39. The highest BCUT2D eigenvalue weighted by Crippen LogP contribution is 1.98. The topological polar surface area (TPSA) is 79.9 Å². The monoisotopic (exact) mass is 170 g/mol. The number of hydrogen-bond acceptors (Lipinski definition) is 4. The molecule has 0 fully saturated rings. The van der Waals surface area contributed by atoms with Gasteiger partial charge in [-0.2, -0.15) is 10.3 Å². The summed E-state index contributed by atoms with van der Waals surface area (Å²) in [6.07, 6.45) is 0.932. The van der Waals surface area contributed by atoms with Crippen molar-refractivity contribution in [2.45, 2.75) is 13.0 Å². The van der Waals surface area contributed by atoms with Crippen LogP contribution in [0.2, 0.25) is 0 Å². The van der Waals surface area contributed by atoms with Gasteiger partial charge in [-0.25, -0.2) is 0 Å². The lowest BCUT2D eigenvalue weighted by atomic mass is 10.4. The summed E-state index contributed by atoms with van der Waals surface area (Å²) >= 11 is 0. The molecule has 12 heavy (non-hydrogen) atoms. The molecule has 0 aliphatic carbocycles. The number of nitrogens with one attached hydrogen (secondary N) is 2. The maximum Gasteiger partial charge on any atom is 0.254 e. The smallest absolute Gasteiger partial charge is 0.254 e. The molecular weight excluding hydrogens is 160 g/mol. The summed E-state index contributed by atoms with van der Waals surface area (Å²) in [6, 6.07) is 0. The normalized spacial score (nSPS) is 12.5. The average molecular weight is 170 g/mol.